The Morgan fingerprint density at radius 2 is 1.89 bits per heavy atom. The topological polar surface area (TPSA) is 73.5 Å². The lowest BCUT2D eigenvalue weighted by Gasteiger charge is -2.05. The summed E-state index contributed by atoms with van der Waals surface area (Å²) < 4.78 is 13.3. The zero-order chi connectivity index (χ0) is 12.8. The van der Waals surface area contributed by atoms with Crippen molar-refractivity contribution in [1.82, 2.24) is 10.3 Å². The normalized spacial score (nSPS) is 9.53. The highest BCUT2D eigenvalue weighted by Gasteiger charge is 2.05. The Balaban J connectivity index is 0.00000180. The van der Waals surface area contributed by atoms with Crippen molar-refractivity contribution in [2.75, 3.05) is 0 Å². The molecule has 0 atom stereocenters. The van der Waals surface area contributed by atoms with E-state index >= 15 is 0 Å². The fourth-order valence-corrected chi connectivity index (χ4v) is 1.57. The molecular weight excluding hydrogens is 247 g/mol. The number of rotatable bonds is 4. The third kappa shape index (κ3) is 4.48. The van der Waals surface area contributed by atoms with Crippen LogP contribution in [-0.2, 0) is 17.8 Å². The lowest BCUT2D eigenvalue weighted by Crippen LogP contribution is -2.25. The van der Waals surface area contributed by atoms with Crippen LogP contribution in [0.1, 0.15) is 11.3 Å². The van der Waals surface area contributed by atoms with Gasteiger partial charge in [-0.05, 0) is 18.2 Å². The molecule has 0 fully saturated rings. The van der Waals surface area contributed by atoms with Gasteiger partial charge in [-0.2, -0.15) is 0 Å². The highest BCUT2D eigenvalue weighted by molar-refractivity contribution is 5.78. The van der Waals surface area contributed by atoms with Gasteiger partial charge in [0, 0.05) is 24.0 Å². The summed E-state index contributed by atoms with van der Waals surface area (Å²) >= 11 is 0. The van der Waals surface area contributed by atoms with Gasteiger partial charge in [-0.1, -0.05) is 24.3 Å². The average molecular weight is 262 g/mol. The zero-order valence-electron chi connectivity index (χ0n) is 10.3. The summed E-state index contributed by atoms with van der Waals surface area (Å²) in [7, 11) is 0. The first kappa shape index (κ1) is 14.8. The molecular formula is C14H15FN2O2. The number of amides is 1. The number of hydrogen-bond acceptors (Lipinski definition) is 2. The van der Waals surface area contributed by atoms with Crippen LogP contribution >= 0.6 is 0 Å². The number of nitrogens with zero attached hydrogens (tertiary/aromatic N) is 1. The maximum absolute atomic E-state index is 13.3. The molecule has 0 spiro atoms. The standard InChI is InChI=1S/C14H13FN2O.H2O/c15-13-7-2-1-5-11(13)10-17-14(18)9-12-6-3-4-8-16-12;/h1-8H,9-10H2,(H,17,18);1H2. The maximum Gasteiger partial charge on any atom is 0.226 e. The Kier molecular flexibility index (Phi) is 5.63. The summed E-state index contributed by atoms with van der Waals surface area (Å²) in [6.07, 6.45) is 1.84. The molecule has 100 valence electrons. The van der Waals surface area contributed by atoms with Crippen molar-refractivity contribution in [3.63, 3.8) is 0 Å². The molecule has 0 bridgehead atoms. The smallest absolute Gasteiger partial charge is 0.226 e. The molecule has 1 heterocycles. The zero-order valence-corrected chi connectivity index (χ0v) is 10.3. The predicted molar refractivity (Wildman–Crippen MR) is 69.8 cm³/mol. The monoisotopic (exact) mass is 262 g/mol. The first-order valence-electron chi connectivity index (χ1n) is 5.66. The molecule has 0 radical (unpaired) electrons. The van der Waals surface area contributed by atoms with Gasteiger partial charge in [0.25, 0.3) is 0 Å². The van der Waals surface area contributed by atoms with Crippen LogP contribution in [0.4, 0.5) is 4.39 Å². The van der Waals surface area contributed by atoms with Gasteiger partial charge in [0.15, 0.2) is 0 Å². The summed E-state index contributed by atoms with van der Waals surface area (Å²) in [5.41, 5.74) is 1.18. The lowest BCUT2D eigenvalue weighted by atomic mass is 10.2. The van der Waals surface area contributed by atoms with Crippen LogP contribution in [0, 0.1) is 5.82 Å². The summed E-state index contributed by atoms with van der Waals surface area (Å²) in [6.45, 7) is 0.193. The second-order valence-corrected chi connectivity index (χ2v) is 3.87. The molecule has 19 heavy (non-hydrogen) atoms. The van der Waals surface area contributed by atoms with Crippen molar-refractivity contribution in [3.8, 4) is 0 Å². The number of halogens is 1. The summed E-state index contributed by atoms with van der Waals surface area (Å²) in [6, 6.07) is 11.8. The minimum atomic E-state index is -0.310. The summed E-state index contributed by atoms with van der Waals surface area (Å²) in [4.78, 5) is 15.7. The third-order valence-corrected chi connectivity index (χ3v) is 2.50. The van der Waals surface area contributed by atoms with Gasteiger partial charge in [-0.15, -0.1) is 0 Å². The summed E-state index contributed by atoms with van der Waals surface area (Å²) in [5.74, 6) is -0.479. The second-order valence-electron chi connectivity index (χ2n) is 3.87. The first-order chi connectivity index (χ1) is 8.75. The van der Waals surface area contributed by atoms with Gasteiger partial charge in [-0.25, -0.2) is 4.39 Å². The van der Waals surface area contributed by atoms with Crippen molar-refractivity contribution < 1.29 is 14.7 Å². The molecule has 3 N–H and O–H groups in total. The van der Waals surface area contributed by atoms with E-state index in [1.165, 1.54) is 6.07 Å². The van der Waals surface area contributed by atoms with E-state index in [2.05, 4.69) is 10.3 Å². The van der Waals surface area contributed by atoms with Gasteiger partial charge in [-0.3, -0.25) is 9.78 Å². The molecule has 1 aromatic carbocycles. The molecule has 1 aromatic heterocycles. The van der Waals surface area contributed by atoms with Gasteiger partial charge in [0.05, 0.1) is 6.42 Å². The highest BCUT2D eigenvalue weighted by Crippen LogP contribution is 2.05. The van der Waals surface area contributed by atoms with E-state index in [0.717, 1.165) is 0 Å². The molecule has 0 aliphatic carbocycles. The Morgan fingerprint density at radius 3 is 2.58 bits per heavy atom. The highest BCUT2D eigenvalue weighted by atomic mass is 19.1. The minimum Gasteiger partial charge on any atom is -0.412 e. The largest absolute Gasteiger partial charge is 0.412 e. The molecule has 5 heteroatoms. The molecule has 4 nitrogen and oxygen atoms in total. The number of nitrogens with one attached hydrogen (secondary N) is 1. The average Bonchev–Trinajstić information content (AvgIpc) is 2.39. The van der Waals surface area contributed by atoms with Crippen LogP contribution in [0.2, 0.25) is 0 Å². The van der Waals surface area contributed by atoms with Crippen LogP contribution in [0.3, 0.4) is 0 Å². The number of aromatic nitrogens is 1. The molecule has 2 rings (SSSR count). The van der Waals surface area contributed by atoms with Crippen LogP contribution in [0.5, 0.6) is 0 Å². The van der Waals surface area contributed by atoms with Crippen LogP contribution < -0.4 is 5.32 Å². The molecule has 1 amide bonds. The van der Waals surface area contributed by atoms with Crippen LogP contribution in [-0.4, -0.2) is 16.4 Å². The number of carbonyl (C=O) groups is 1. The molecule has 0 aliphatic rings. The second kappa shape index (κ2) is 7.23. The molecule has 0 unspecified atom stereocenters. The minimum absolute atomic E-state index is 0. The van der Waals surface area contributed by atoms with Crippen LogP contribution in [0.15, 0.2) is 48.7 Å². The Labute approximate surface area is 110 Å². The van der Waals surface area contributed by atoms with Gasteiger partial charge < -0.3 is 10.8 Å². The van der Waals surface area contributed by atoms with E-state index in [1.54, 1.807) is 36.5 Å². The fraction of sp³-hybridized carbons (Fsp3) is 0.143. The van der Waals surface area contributed by atoms with E-state index in [4.69, 9.17) is 0 Å². The molecule has 0 saturated carbocycles. The lowest BCUT2D eigenvalue weighted by molar-refractivity contribution is -0.120. The van der Waals surface area contributed by atoms with Gasteiger partial charge in [0.2, 0.25) is 5.91 Å². The fourth-order valence-electron chi connectivity index (χ4n) is 1.57. The maximum atomic E-state index is 13.3. The van der Waals surface area contributed by atoms with Gasteiger partial charge in [0.1, 0.15) is 5.82 Å². The quantitative estimate of drug-likeness (QED) is 0.900. The van der Waals surface area contributed by atoms with Crippen molar-refractivity contribution in [3.05, 3.63) is 65.7 Å². The van der Waals surface area contributed by atoms with Gasteiger partial charge >= 0.3 is 0 Å². The number of pyridine rings is 1. The van der Waals surface area contributed by atoms with Crippen molar-refractivity contribution in [1.29, 1.82) is 0 Å². The number of carbonyl (C=O) groups excluding carboxylic acids is 1. The van der Waals surface area contributed by atoms with Crippen molar-refractivity contribution in [2.45, 2.75) is 13.0 Å². The van der Waals surface area contributed by atoms with E-state index in [9.17, 15) is 9.18 Å². The van der Waals surface area contributed by atoms with Crippen LogP contribution in [0.25, 0.3) is 0 Å². The van der Waals surface area contributed by atoms with E-state index in [-0.39, 0.29) is 30.2 Å². The SMILES string of the molecule is O.O=C(Cc1ccccn1)NCc1ccccc1F. The third-order valence-electron chi connectivity index (χ3n) is 2.50. The van der Waals surface area contributed by atoms with E-state index in [0.29, 0.717) is 11.3 Å². The Morgan fingerprint density at radius 1 is 1.16 bits per heavy atom. The van der Waals surface area contributed by atoms with E-state index in [1.807, 2.05) is 6.07 Å². The molecule has 0 aliphatic heterocycles. The first-order valence-corrected chi connectivity index (χ1v) is 5.66. The number of hydrogen-bond donors (Lipinski definition) is 1. The molecule has 0 saturated heterocycles. The summed E-state index contributed by atoms with van der Waals surface area (Å²) in [5, 5.41) is 2.67. The molecule has 2 aromatic rings. The number of benzene rings is 1. The van der Waals surface area contributed by atoms with Crippen molar-refractivity contribution >= 4 is 5.91 Å². The Hall–Kier alpha value is -2.27. The predicted octanol–water partition coefficient (Wildman–Crippen LogP) is 1.25. The van der Waals surface area contributed by atoms with Crippen molar-refractivity contribution in [2.24, 2.45) is 0 Å². The van der Waals surface area contributed by atoms with E-state index < -0.39 is 0 Å². The Bertz CT molecular complexity index is 532.